The van der Waals surface area contributed by atoms with E-state index >= 15 is 0 Å². The number of benzene rings is 1. The Bertz CT molecular complexity index is 648. The maximum absolute atomic E-state index is 11.1. The van der Waals surface area contributed by atoms with E-state index in [0.717, 1.165) is 12.8 Å². The third-order valence-corrected chi connectivity index (χ3v) is 4.96. The van der Waals surface area contributed by atoms with Crippen LogP contribution in [0.15, 0.2) is 24.3 Å². The molecule has 0 unspecified atom stereocenters. The van der Waals surface area contributed by atoms with Crippen molar-refractivity contribution in [2.45, 2.75) is 25.8 Å². The zero-order chi connectivity index (χ0) is 14.1. The predicted octanol–water partition coefficient (Wildman–Crippen LogP) is 4.41. The molecule has 4 nitrogen and oxygen atoms in total. The van der Waals surface area contributed by atoms with Crippen LogP contribution in [0.25, 0.3) is 0 Å². The molecular weight excluding hydrogens is 296 g/mol. The molecule has 0 saturated heterocycles. The quantitative estimate of drug-likeness (QED) is 0.672. The lowest BCUT2D eigenvalue weighted by Crippen LogP contribution is -2.02. The molecule has 104 valence electrons. The van der Waals surface area contributed by atoms with Gasteiger partial charge in [0.2, 0.25) is 0 Å². The number of para-hydroxylation sites is 1. The highest BCUT2D eigenvalue weighted by molar-refractivity contribution is 7.12. The van der Waals surface area contributed by atoms with E-state index in [1.165, 1.54) is 27.8 Å². The van der Waals surface area contributed by atoms with Crippen LogP contribution in [0.4, 0.5) is 11.4 Å². The molecule has 6 heteroatoms. The minimum Gasteiger partial charge on any atom is -0.375 e. The molecule has 3 rings (SSSR count). The number of nitro benzene ring substituents is 1. The zero-order valence-electron chi connectivity index (χ0n) is 10.7. The van der Waals surface area contributed by atoms with E-state index in [-0.39, 0.29) is 10.7 Å². The van der Waals surface area contributed by atoms with Crippen molar-refractivity contribution in [2.75, 3.05) is 5.32 Å². The van der Waals surface area contributed by atoms with E-state index in [0.29, 0.717) is 12.2 Å². The topological polar surface area (TPSA) is 55.2 Å². The Morgan fingerprint density at radius 3 is 3.00 bits per heavy atom. The van der Waals surface area contributed by atoms with Gasteiger partial charge < -0.3 is 5.32 Å². The number of anilines is 1. The number of nitrogens with one attached hydrogen (secondary N) is 1. The second-order valence-corrected chi connectivity index (χ2v) is 6.39. The molecule has 0 fully saturated rings. The Morgan fingerprint density at radius 1 is 1.40 bits per heavy atom. The lowest BCUT2D eigenvalue weighted by molar-refractivity contribution is -0.383. The highest BCUT2D eigenvalue weighted by Crippen LogP contribution is 2.34. The largest absolute Gasteiger partial charge is 0.375 e. The maximum atomic E-state index is 11.1. The Balaban J connectivity index is 1.78. The summed E-state index contributed by atoms with van der Waals surface area (Å²) in [6.07, 6.45) is 3.56. The molecule has 0 saturated carbocycles. The minimum atomic E-state index is -0.445. The van der Waals surface area contributed by atoms with Crippen LogP contribution in [0, 0.1) is 10.1 Å². The van der Waals surface area contributed by atoms with Crippen LogP contribution in [-0.2, 0) is 19.4 Å². The lowest BCUT2D eigenvalue weighted by atomic mass is 10.2. The van der Waals surface area contributed by atoms with E-state index < -0.39 is 4.92 Å². The number of hydrogen-bond donors (Lipinski definition) is 1. The van der Waals surface area contributed by atoms with Crippen LogP contribution >= 0.6 is 22.9 Å². The van der Waals surface area contributed by atoms with Gasteiger partial charge in [-0.05, 0) is 43.0 Å². The van der Waals surface area contributed by atoms with Gasteiger partial charge in [-0.3, -0.25) is 10.1 Å². The van der Waals surface area contributed by atoms with E-state index in [4.69, 9.17) is 11.6 Å². The fraction of sp³-hybridized carbons (Fsp3) is 0.286. The summed E-state index contributed by atoms with van der Waals surface area (Å²) in [5.41, 5.74) is 1.85. The van der Waals surface area contributed by atoms with Crippen molar-refractivity contribution in [1.29, 1.82) is 0 Å². The van der Waals surface area contributed by atoms with E-state index in [1.807, 2.05) is 0 Å². The van der Waals surface area contributed by atoms with Gasteiger partial charge >= 0.3 is 5.69 Å². The van der Waals surface area contributed by atoms with Crippen molar-refractivity contribution in [3.63, 3.8) is 0 Å². The Labute approximate surface area is 125 Å². The number of rotatable bonds is 4. The molecule has 0 radical (unpaired) electrons. The predicted molar refractivity (Wildman–Crippen MR) is 81.8 cm³/mol. The Hall–Kier alpha value is -1.59. The van der Waals surface area contributed by atoms with E-state index in [2.05, 4.69) is 11.4 Å². The summed E-state index contributed by atoms with van der Waals surface area (Å²) in [7, 11) is 0. The van der Waals surface area contributed by atoms with Crippen molar-refractivity contribution < 1.29 is 4.92 Å². The molecular formula is C14H13ClN2O2S. The molecule has 1 aromatic carbocycles. The summed E-state index contributed by atoms with van der Waals surface area (Å²) < 4.78 is 0. The summed E-state index contributed by atoms with van der Waals surface area (Å²) in [6.45, 7) is 0.596. The van der Waals surface area contributed by atoms with Gasteiger partial charge in [-0.1, -0.05) is 17.7 Å². The molecule has 0 atom stereocenters. The van der Waals surface area contributed by atoms with Crippen molar-refractivity contribution in [1.82, 2.24) is 0 Å². The Morgan fingerprint density at radius 2 is 2.25 bits per heavy atom. The molecule has 0 bridgehead atoms. The third-order valence-electron chi connectivity index (χ3n) is 3.42. The van der Waals surface area contributed by atoms with Gasteiger partial charge in [-0.25, -0.2) is 0 Å². The number of thiophene rings is 1. The van der Waals surface area contributed by atoms with Gasteiger partial charge in [0, 0.05) is 16.3 Å². The molecule has 1 aliphatic carbocycles. The number of hydrogen-bond acceptors (Lipinski definition) is 4. The van der Waals surface area contributed by atoms with E-state index in [9.17, 15) is 10.1 Å². The van der Waals surface area contributed by atoms with Crippen LogP contribution in [-0.4, -0.2) is 4.92 Å². The SMILES string of the molecule is O=[N+]([O-])c1c(Cl)cccc1NCc1cc2c(s1)CCC2. The first kappa shape index (κ1) is 13.4. The Kier molecular flexibility index (Phi) is 3.63. The number of nitrogens with zero attached hydrogens (tertiary/aromatic N) is 1. The average molecular weight is 309 g/mol. The average Bonchev–Trinajstić information content (AvgIpc) is 2.96. The van der Waals surface area contributed by atoms with Gasteiger partial charge in [0.15, 0.2) is 0 Å². The van der Waals surface area contributed by atoms with Crippen molar-refractivity contribution in [3.05, 3.63) is 54.7 Å². The van der Waals surface area contributed by atoms with Crippen molar-refractivity contribution in [3.8, 4) is 0 Å². The first-order valence-electron chi connectivity index (χ1n) is 6.42. The molecule has 2 aromatic rings. The fourth-order valence-corrected chi connectivity index (χ4v) is 3.95. The number of nitro groups is 1. The standard InChI is InChI=1S/C14H13ClN2O2S/c15-11-4-2-5-12(14(11)17(18)19)16-8-10-7-9-3-1-6-13(9)20-10/h2,4-5,7,16H,1,3,6,8H2. The van der Waals surface area contributed by atoms with Crippen molar-refractivity contribution in [2.24, 2.45) is 0 Å². The molecule has 1 N–H and O–H groups in total. The number of halogens is 1. The van der Waals surface area contributed by atoms with Gasteiger partial charge in [-0.15, -0.1) is 11.3 Å². The number of aryl methyl sites for hydroxylation is 2. The second kappa shape index (κ2) is 5.42. The van der Waals surface area contributed by atoms with Crippen LogP contribution in [0.3, 0.4) is 0 Å². The van der Waals surface area contributed by atoms with Gasteiger partial charge in [0.25, 0.3) is 0 Å². The zero-order valence-corrected chi connectivity index (χ0v) is 12.3. The van der Waals surface area contributed by atoms with Gasteiger partial charge in [0.05, 0.1) is 4.92 Å². The minimum absolute atomic E-state index is 0.0572. The first-order chi connectivity index (χ1) is 9.65. The van der Waals surface area contributed by atoms with Gasteiger partial charge in [-0.2, -0.15) is 0 Å². The molecule has 1 heterocycles. The summed E-state index contributed by atoms with van der Waals surface area (Å²) in [4.78, 5) is 13.3. The first-order valence-corrected chi connectivity index (χ1v) is 7.62. The summed E-state index contributed by atoms with van der Waals surface area (Å²) in [5.74, 6) is 0. The molecule has 0 amide bonds. The molecule has 1 aromatic heterocycles. The van der Waals surface area contributed by atoms with Crippen molar-refractivity contribution >= 4 is 34.3 Å². The highest BCUT2D eigenvalue weighted by Gasteiger charge is 2.19. The smallest absolute Gasteiger partial charge is 0.310 e. The maximum Gasteiger partial charge on any atom is 0.310 e. The monoisotopic (exact) mass is 308 g/mol. The van der Waals surface area contributed by atoms with Crippen LogP contribution in [0.1, 0.15) is 21.7 Å². The van der Waals surface area contributed by atoms with Crippen LogP contribution in [0.5, 0.6) is 0 Å². The molecule has 20 heavy (non-hydrogen) atoms. The second-order valence-electron chi connectivity index (χ2n) is 4.76. The lowest BCUT2D eigenvalue weighted by Gasteiger charge is -2.06. The van der Waals surface area contributed by atoms with E-state index in [1.54, 1.807) is 23.5 Å². The molecule has 0 aliphatic heterocycles. The van der Waals surface area contributed by atoms with Crippen LogP contribution in [0.2, 0.25) is 5.02 Å². The third kappa shape index (κ3) is 2.51. The summed E-state index contributed by atoms with van der Waals surface area (Å²) in [5, 5.41) is 14.3. The van der Waals surface area contributed by atoms with Gasteiger partial charge in [0.1, 0.15) is 10.7 Å². The highest BCUT2D eigenvalue weighted by atomic mass is 35.5. The fourth-order valence-electron chi connectivity index (χ4n) is 2.50. The molecule has 1 aliphatic rings. The summed E-state index contributed by atoms with van der Waals surface area (Å²) >= 11 is 7.68. The normalized spacial score (nSPS) is 13.2. The molecule has 0 spiro atoms. The number of fused-ring (bicyclic) bond motifs is 1. The summed E-state index contributed by atoms with van der Waals surface area (Å²) in [6, 6.07) is 7.14. The van der Waals surface area contributed by atoms with Crippen LogP contribution < -0.4 is 5.32 Å².